The zero-order valence-corrected chi connectivity index (χ0v) is 13.3. The number of hydrogen-bond acceptors (Lipinski definition) is 5. The third-order valence-corrected chi connectivity index (χ3v) is 5.00. The number of nitrogens with zero attached hydrogens (tertiary/aromatic N) is 3. The lowest BCUT2D eigenvalue weighted by atomic mass is 9.82. The van der Waals surface area contributed by atoms with Crippen LogP contribution in [0.4, 0.5) is 0 Å². The molecule has 1 N–H and O–H groups in total. The van der Waals surface area contributed by atoms with Gasteiger partial charge >= 0.3 is 0 Å². The highest BCUT2D eigenvalue weighted by Crippen LogP contribution is 2.32. The van der Waals surface area contributed by atoms with Crippen molar-refractivity contribution in [2.75, 3.05) is 13.1 Å². The Balaban J connectivity index is 1.51. The number of rotatable bonds is 3. The Hall–Kier alpha value is -1.43. The first kappa shape index (κ1) is 15.5. The first-order valence-corrected chi connectivity index (χ1v) is 8.36. The van der Waals surface area contributed by atoms with Gasteiger partial charge in [-0.05, 0) is 32.6 Å². The van der Waals surface area contributed by atoms with Gasteiger partial charge in [-0.15, -0.1) is 0 Å². The van der Waals surface area contributed by atoms with E-state index in [0.717, 1.165) is 38.5 Å². The van der Waals surface area contributed by atoms with Gasteiger partial charge in [0.15, 0.2) is 5.82 Å². The minimum Gasteiger partial charge on any atom is -0.389 e. The van der Waals surface area contributed by atoms with Gasteiger partial charge in [-0.3, -0.25) is 4.79 Å². The normalized spacial score (nSPS) is 22.7. The highest BCUT2D eigenvalue weighted by Gasteiger charge is 2.35. The SMILES string of the molecule is Cc1noc(C2CCN(C(=O)CC3(O)CCCCC3)CC2)n1. The van der Waals surface area contributed by atoms with Crippen molar-refractivity contribution in [3.8, 4) is 0 Å². The van der Waals surface area contributed by atoms with Crippen LogP contribution in [0.15, 0.2) is 4.52 Å². The maximum absolute atomic E-state index is 12.4. The van der Waals surface area contributed by atoms with Crippen LogP contribution in [-0.4, -0.2) is 44.7 Å². The minimum atomic E-state index is -0.768. The summed E-state index contributed by atoms with van der Waals surface area (Å²) in [4.78, 5) is 18.6. The summed E-state index contributed by atoms with van der Waals surface area (Å²) in [5, 5.41) is 14.4. The number of piperidine rings is 1. The van der Waals surface area contributed by atoms with Crippen molar-refractivity contribution < 1.29 is 14.4 Å². The molecule has 0 aromatic carbocycles. The molecule has 0 bridgehead atoms. The molecule has 0 radical (unpaired) electrons. The summed E-state index contributed by atoms with van der Waals surface area (Å²) in [6.07, 6.45) is 6.73. The van der Waals surface area contributed by atoms with Crippen molar-refractivity contribution in [3.63, 3.8) is 0 Å². The number of hydrogen-bond donors (Lipinski definition) is 1. The quantitative estimate of drug-likeness (QED) is 0.925. The van der Waals surface area contributed by atoms with Gasteiger partial charge in [0, 0.05) is 19.0 Å². The molecule has 1 aromatic heterocycles. The van der Waals surface area contributed by atoms with Gasteiger partial charge in [0.1, 0.15) is 0 Å². The van der Waals surface area contributed by atoms with E-state index in [1.807, 2.05) is 11.8 Å². The van der Waals surface area contributed by atoms with Crippen molar-refractivity contribution in [2.24, 2.45) is 0 Å². The van der Waals surface area contributed by atoms with E-state index in [2.05, 4.69) is 10.1 Å². The van der Waals surface area contributed by atoms with E-state index >= 15 is 0 Å². The predicted octanol–water partition coefficient (Wildman–Crippen LogP) is 2.17. The number of aliphatic hydroxyl groups is 1. The number of carbonyl (C=O) groups excluding carboxylic acids is 1. The Labute approximate surface area is 130 Å². The number of carbonyl (C=O) groups is 1. The Bertz CT molecular complexity index is 514. The maximum atomic E-state index is 12.4. The van der Waals surface area contributed by atoms with Crippen LogP contribution in [0.1, 0.15) is 69.0 Å². The molecule has 1 saturated carbocycles. The highest BCUT2D eigenvalue weighted by molar-refractivity contribution is 5.77. The first-order valence-electron chi connectivity index (χ1n) is 8.36. The molecule has 0 atom stereocenters. The molecule has 2 aliphatic rings. The average molecular weight is 307 g/mol. The Kier molecular flexibility index (Phi) is 4.47. The summed E-state index contributed by atoms with van der Waals surface area (Å²) in [6, 6.07) is 0. The van der Waals surface area contributed by atoms with Crippen LogP contribution in [0, 0.1) is 6.92 Å². The third-order valence-electron chi connectivity index (χ3n) is 5.00. The molecule has 1 amide bonds. The van der Waals surface area contributed by atoms with E-state index in [4.69, 9.17) is 4.52 Å². The lowest BCUT2D eigenvalue weighted by Gasteiger charge is -2.36. The van der Waals surface area contributed by atoms with E-state index in [9.17, 15) is 9.90 Å². The largest absolute Gasteiger partial charge is 0.389 e. The highest BCUT2D eigenvalue weighted by atomic mass is 16.5. The Morgan fingerprint density at radius 3 is 2.59 bits per heavy atom. The summed E-state index contributed by atoms with van der Waals surface area (Å²) in [6.45, 7) is 3.23. The van der Waals surface area contributed by atoms with E-state index in [0.29, 0.717) is 24.8 Å². The van der Waals surface area contributed by atoms with E-state index in [1.54, 1.807) is 0 Å². The van der Waals surface area contributed by atoms with Crippen LogP contribution in [0.25, 0.3) is 0 Å². The minimum absolute atomic E-state index is 0.0876. The second-order valence-corrected chi connectivity index (χ2v) is 6.80. The van der Waals surface area contributed by atoms with Gasteiger partial charge in [-0.25, -0.2) is 0 Å². The smallest absolute Gasteiger partial charge is 0.229 e. The summed E-state index contributed by atoms with van der Waals surface area (Å²) in [5.74, 6) is 1.69. The summed E-state index contributed by atoms with van der Waals surface area (Å²) in [7, 11) is 0. The van der Waals surface area contributed by atoms with Crippen molar-refractivity contribution in [1.82, 2.24) is 15.0 Å². The summed E-state index contributed by atoms with van der Waals surface area (Å²) >= 11 is 0. The fraction of sp³-hybridized carbons (Fsp3) is 0.812. The summed E-state index contributed by atoms with van der Waals surface area (Å²) in [5.41, 5.74) is -0.768. The van der Waals surface area contributed by atoms with E-state index in [-0.39, 0.29) is 18.2 Å². The molecule has 22 heavy (non-hydrogen) atoms. The van der Waals surface area contributed by atoms with Crippen LogP contribution < -0.4 is 0 Å². The van der Waals surface area contributed by atoms with Crippen LogP contribution in [0.2, 0.25) is 0 Å². The van der Waals surface area contributed by atoms with Gasteiger partial charge in [-0.2, -0.15) is 4.98 Å². The Morgan fingerprint density at radius 2 is 2.00 bits per heavy atom. The molecular weight excluding hydrogens is 282 g/mol. The molecule has 1 aromatic rings. The molecular formula is C16H25N3O3. The van der Waals surface area contributed by atoms with Crippen LogP contribution in [0.3, 0.4) is 0 Å². The van der Waals surface area contributed by atoms with Crippen LogP contribution in [-0.2, 0) is 4.79 Å². The van der Waals surface area contributed by atoms with Gasteiger partial charge in [-0.1, -0.05) is 24.4 Å². The van der Waals surface area contributed by atoms with E-state index in [1.165, 1.54) is 6.42 Å². The average Bonchev–Trinajstić information content (AvgIpc) is 2.94. The molecule has 1 saturated heterocycles. The van der Waals surface area contributed by atoms with Gasteiger partial charge in [0.2, 0.25) is 11.8 Å². The summed E-state index contributed by atoms with van der Waals surface area (Å²) < 4.78 is 5.23. The van der Waals surface area contributed by atoms with Gasteiger partial charge < -0.3 is 14.5 Å². The second-order valence-electron chi connectivity index (χ2n) is 6.80. The molecule has 0 spiro atoms. The number of aromatic nitrogens is 2. The standard InChI is InChI=1S/C16H25N3O3/c1-12-17-15(22-18-12)13-5-9-19(10-6-13)14(20)11-16(21)7-3-2-4-8-16/h13,21H,2-11H2,1H3. The fourth-order valence-corrected chi connectivity index (χ4v) is 3.63. The monoisotopic (exact) mass is 307 g/mol. The zero-order valence-electron chi connectivity index (χ0n) is 13.3. The predicted molar refractivity (Wildman–Crippen MR) is 80.2 cm³/mol. The molecule has 2 heterocycles. The van der Waals surface area contributed by atoms with Crippen LogP contribution >= 0.6 is 0 Å². The van der Waals surface area contributed by atoms with Crippen molar-refractivity contribution in [1.29, 1.82) is 0 Å². The zero-order chi connectivity index (χ0) is 15.6. The molecule has 1 aliphatic carbocycles. The molecule has 2 fully saturated rings. The molecule has 122 valence electrons. The number of aryl methyl sites for hydroxylation is 1. The Morgan fingerprint density at radius 1 is 1.32 bits per heavy atom. The van der Waals surface area contributed by atoms with Crippen molar-refractivity contribution >= 4 is 5.91 Å². The molecule has 3 rings (SSSR count). The lowest BCUT2D eigenvalue weighted by Crippen LogP contribution is -2.43. The number of amides is 1. The topological polar surface area (TPSA) is 79.5 Å². The third kappa shape index (κ3) is 3.48. The second kappa shape index (κ2) is 6.36. The molecule has 1 aliphatic heterocycles. The lowest BCUT2D eigenvalue weighted by molar-refractivity contribution is -0.139. The fourth-order valence-electron chi connectivity index (χ4n) is 3.63. The van der Waals surface area contributed by atoms with E-state index < -0.39 is 5.60 Å². The van der Waals surface area contributed by atoms with Crippen molar-refractivity contribution in [3.05, 3.63) is 11.7 Å². The molecule has 6 nitrogen and oxygen atoms in total. The maximum Gasteiger partial charge on any atom is 0.229 e. The van der Waals surface area contributed by atoms with Crippen LogP contribution in [0.5, 0.6) is 0 Å². The van der Waals surface area contributed by atoms with Crippen molar-refractivity contribution in [2.45, 2.75) is 69.8 Å². The molecule has 0 unspecified atom stereocenters. The number of likely N-dealkylation sites (tertiary alicyclic amines) is 1. The van der Waals surface area contributed by atoms with Gasteiger partial charge in [0.25, 0.3) is 0 Å². The molecule has 6 heteroatoms. The van der Waals surface area contributed by atoms with Gasteiger partial charge in [0.05, 0.1) is 12.0 Å². The first-order chi connectivity index (χ1) is 10.6.